The van der Waals surface area contributed by atoms with Crippen LogP contribution in [0.5, 0.6) is 11.5 Å². The van der Waals surface area contributed by atoms with E-state index in [0.29, 0.717) is 60.6 Å². The number of carbonyl (C=O) groups excluding carboxylic acids is 4. The number of halogens is 2. The molecule has 4 aromatic rings. The summed E-state index contributed by atoms with van der Waals surface area (Å²) in [6, 6.07) is 18.9. The van der Waals surface area contributed by atoms with Crippen molar-refractivity contribution in [3.63, 3.8) is 0 Å². The average Bonchev–Trinajstić information content (AvgIpc) is 3.58. The Morgan fingerprint density at radius 3 is 1.37 bits per heavy atom. The summed E-state index contributed by atoms with van der Waals surface area (Å²) in [5, 5.41) is 3.39. The third-order valence-electron chi connectivity index (χ3n) is 9.51. The topological polar surface area (TPSA) is 93.2 Å². The molecule has 0 unspecified atom stereocenters. The number of amides is 2. The summed E-state index contributed by atoms with van der Waals surface area (Å²) in [5.41, 5.74) is 3.34. The predicted molar refractivity (Wildman–Crippen MR) is 178 cm³/mol. The molecule has 2 amide bonds. The highest BCUT2D eigenvalue weighted by atomic mass is 35.5. The molecule has 7 rings (SSSR count). The van der Waals surface area contributed by atoms with Gasteiger partial charge in [-0.3, -0.25) is 19.2 Å². The summed E-state index contributed by atoms with van der Waals surface area (Å²) in [7, 11) is 0. The number of carbonyl (C=O) groups is 4. The average molecular weight is 660 g/mol. The maximum absolute atomic E-state index is 14.0. The van der Waals surface area contributed by atoms with E-state index in [9.17, 15) is 19.2 Å². The van der Waals surface area contributed by atoms with Crippen molar-refractivity contribution in [3.05, 3.63) is 71.8 Å². The fraction of sp³-hybridized carbons (Fsp3) is 0.333. The molecule has 2 atom stereocenters. The summed E-state index contributed by atoms with van der Waals surface area (Å²) in [4.78, 5) is 55.3. The molecule has 0 spiro atoms. The SMILES string of the molecule is CC(=O)Oc1cc2c(c3ccccc13)[C@H](CCl)CN2C(=O)C1CC(C(=O)N2C[C@@H](CCl)c3c2cc(OC(C)=O)c2ccccc32)C1. The molecule has 0 aromatic heterocycles. The lowest BCUT2D eigenvalue weighted by Gasteiger charge is -2.38. The fourth-order valence-electron chi connectivity index (χ4n) is 7.44. The zero-order valence-electron chi connectivity index (χ0n) is 25.4. The highest BCUT2D eigenvalue weighted by Crippen LogP contribution is 2.50. The Balaban J connectivity index is 1.15. The molecule has 1 saturated carbocycles. The largest absolute Gasteiger partial charge is 0.426 e. The number of hydrogen-bond donors (Lipinski definition) is 0. The minimum atomic E-state index is -0.442. The van der Waals surface area contributed by atoms with Crippen molar-refractivity contribution in [2.45, 2.75) is 38.5 Å². The van der Waals surface area contributed by atoms with Gasteiger partial charge in [0.05, 0.1) is 11.4 Å². The van der Waals surface area contributed by atoms with Gasteiger partial charge in [0.25, 0.3) is 0 Å². The van der Waals surface area contributed by atoms with Gasteiger partial charge in [-0.2, -0.15) is 0 Å². The first-order chi connectivity index (χ1) is 22.2. The lowest BCUT2D eigenvalue weighted by molar-refractivity contribution is -0.133. The van der Waals surface area contributed by atoms with Crippen LogP contribution in [0.15, 0.2) is 60.7 Å². The lowest BCUT2D eigenvalue weighted by atomic mass is 9.73. The standard InChI is InChI=1S/C36H32Cl2N2O6/c1-19(41)45-31-13-29-33(27-9-5-3-7-25(27)31)23(15-37)17-39(29)35(43)21-11-22(12-21)36(44)40-18-24(16-38)34-28-10-6-4-8-26(28)32(14-30(34)40)46-20(2)42/h3-10,13-14,21-24H,11-12,15-18H2,1-2H3/t21?,22?,23-,24-/m1/s1. The van der Waals surface area contributed by atoms with E-state index in [0.717, 1.165) is 32.7 Å². The van der Waals surface area contributed by atoms with E-state index in [-0.39, 0.29) is 35.5 Å². The van der Waals surface area contributed by atoms with Crippen LogP contribution in [0.25, 0.3) is 21.5 Å². The zero-order chi connectivity index (χ0) is 32.3. The highest BCUT2D eigenvalue weighted by molar-refractivity contribution is 6.19. The summed E-state index contributed by atoms with van der Waals surface area (Å²) in [5.74, 6) is -0.371. The molecule has 1 aliphatic carbocycles. The minimum Gasteiger partial charge on any atom is -0.426 e. The molecule has 1 fully saturated rings. The Labute approximate surface area is 276 Å². The van der Waals surface area contributed by atoms with Gasteiger partial charge >= 0.3 is 11.9 Å². The number of fused-ring (bicyclic) bond motifs is 6. The van der Waals surface area contributed by atoms with Gasteiger partial charge in [-0.05, 0) is 34.7 Å². The van der Waals surface area contributed by atoms with Crippen molar-refractivity contribution in [1.29, 1.82) is 0 Å². The minimum absolute atomic E-state index is 0.0643. The third-order valence-corrected chi connectivity index (χ3v) is 10.3. The van der Waals surface area contributed by atoms with Gasteiger partial charge in [0.1, 0.15) is 11.5 Å². The Morgan fingerprint density at radius 1 is 0.652 bits per heavy atom. The van der Waals surface area contributed by atoms with Crippen LogP contribution in [0.2, 0.25) is 0 Å². The van der Waals surface area contributed by atoms with Gasteiger partial charge in [0, 0.05) is 85.3 Å². The van der Waals surface area contributed by atoms with Crippen molar-refractivity contribution in [2.24, 2.45) is 11.8 Å². The van der Waals surface area contributed by atoms with E-state index in [1.807, 2.05) is 48.5 Å². The second-order valence-electron chi connectivity index (χ2n) is 12.4. The van der Waals surface area contributed by atoms with E-state index in [1.54, 1.807) is 21.9 Å². The number of anilines is 2. The molecule has 236 valence electrons. The molecule has 2 aliphatic heterocycles. The quantitative estimate of drug-likeness (QED) is 0.127. The first kappa shape index (κ1) is 30.5. The van der Waals surface area contributed by atoms with Crippen LogP contribution in [-0.4, -0.2) is 48.6 Å². The van der Waals surface area contributed by atoms with E-state index < -0.39 is 11.9 Å². The molecular formula is C36H32Cl2N2O6. The summed E-state index contributed by atoms with van der Waals surface area (Å²) in [6.07, 6.45) is 0.836. The number of ether oxygens (including phenoxy) is 2. The molecule has 0 N–H and O–H groups in total. The smallest absolute Gasteiger partial charge is 0.308 e. The fourth-order valence-corrected chi connectivity index (χ4v) is 7.94. The van der Waals surface area contributed by atoms with Crippen LogP contribution in [0.1, 0.15) is 49.7 Å². The van der Waals surface area contributed by atoms with Crippen molar-refractivity contribution in [2.75, 3.05) is 34.6 Å². The third kappa shape index (κ3) is 4.99. The van der Waals surface area contributed by atoms with Gasteiger partial charge in [-0.1, -0.05) is 48.5 Å². The summed E-state index contributed by atoms with van der Waals surface area (Å²) in [6.45, 7) is 3.55. The van der Waals surface area contributed by atoms with Gasteiger partial charge in [0.15, 0.2) is 0 Å². The van der Waals surface area contributed by atoms with Crippen molar-refractivity contribution in [1.82, 2.24) is 0 Å². The number of hydrogen-bond acceptors (Lipinski definition) is 6. The molecule has 10 heteroatoms. The maximum atomic E-state index is 14.0. The summed E-state index contributed by atoms with van der Waals surface area (Å²) >= 11 is 12.8. The van der Waals surface area contributed by atoms with E-state index in [4.69, 9.17) is 32.7 Å². The number of benzene rings is 4. The first-order valence-electron chi connectivity index (χ1n) is 15.4. The van der Waals surface area contributed by atoms with E-state index >= 15 is 0 Å². The van der Waals surface area contributed by atoms with Crippen LogP contribution >= 0.6 is 23.2 Å². The molecule has 2 heterocycles. The van der Waals surface area contributed by atoms with Gasteiger partial charge < -0.3 is 19.3 Å². The number of nitrogens with zero attached hydrogens (tertiary/aromatic N) is 2. The lowest BCUT2D eigenvalue weighted by Crippen LogP contribution is -2.47. The molecular weight excluding hydrogens is 627 g/mol. The number of alkyl halides is 2. The highest BCUT2D eigenvalue weighted by Gasteiger charge is 2.47. The van der Waals surface area contributed by atoms with Crippen molar-refractivity contribution >= 4 is 79.9 Å². The Hall–Kier alpha value is -4.14. The van der Waals surface area contributed by atoms with Crippen LogP contribution in [0.4, 0.5) is 11.4 Å². The zero-order valence-corrected chi connectivity index (χ0v) is 26.9. The molecule has 46 heavy (non-hydrogen) atoms. The molecule has 8 nitrogen and oxygen atoms in total. The van der Waals surface area contributed by atoms with Crippen LogP contribution < -0.4 is 19.3 Å². The molecule has 0 radical (unpaired) electrons. The Bertz CT molecular complexity index is 1800. The molecule has 0 saturated heterocycles. The second kappa shape index (κ2) is 11.9. The maximum Gasteiger partial charge on any atom is 0.308 e. The van der Waals surface area contributed by atoms with E-state index in [2.05, 4.69) is 0 Å². The number of esters is 2. The van der Waals surface area contributed by atoms with Crippen molar-refractivity contribution in [3.8, 4) is 11.5 Å². The predicted octanol–water partition coefficient (Wildman–Crippen LogP) is 6.91. The van der Waals surface area contributed by atoms with Gasteiger partial charge in [-0.25, -0.2) is 0 Å². The first-order valence-corrected chi connectivity index (χ1v) is 16.5. The van der Waals surface area contributed by atoms with Crippen LogP contribution in [0.3, 0.4) is 0 Å². The molecule has 3 aliphatic rings. The van der Waals surface area contributed by atoms with Crippen molar-refractivity contribution < 1.29 is 28.7 Å². The van der Waals surface area contributed by atoms with Crippen LogP contribution in [0, 0.1) is 11.8 Å². The van der Waals surface area contributed by atoms with E-state index in [1.165, 1.54) is 13.8 Å². The molecule has 4 aromatic carbocycles. The normalized spacial score (nSPS) is 21.6. The summed E-state index contributed by atoms with van der Waals surface area (Å²) < 4.78 is 11.1. The molecule has 0 bridgehead atoms. The second-order valence-corrected chi connectivity index (χ2v) is 13.0. The van der Waals surface area contributed by atoms with Gasteiger partial charge in [-0.15, -0.1) is 23.2 Å². The van der Waals surface area contributed by atoms with Crippen LogP contribution in [-0.2, 0) is 19.2 Å². The monoisotopic (exact) mass is 658 g/mol. The van der Waals surface area contributed by atoms with Gasteiger partial charge in [0.2, 0.25) is 11.8 Å². The Morgan fingerprint density at radius 2 is 1.02 bits per heavy atom. The number of rotatable bonds is 6. The Kier molecular flexibility index (Phi) is 7.89.